The fourth-order valence-corrected chi connectivity index (χ4v) is 2.25. The quantitative estimate of drug-likeness (QED) is 0.770. The summed E-state index contributed by atoms with van der Waals surface area (Å²) in [4.78, 5) is 7.71. The Morgan fingerprint density at radius 1 is 1.38 bits per heavy atom. The van der Waals surface area contributed by atoms with Crippen LogP contribution in [0.5, 0.6) is 0 Å². The third-order valence-electron chi connectivity index (χ3n) is 2.35. The van der Waals surface area contributed by atoms with Crippen LogP contribution in [-0.2, 0) is 5.41 Å². The summed E-state index contributed by atoms with van der Waals surface area (Å²) in [6.45, 7) is 6.47. The molecule has 0 spiro atoms. The van der Waals surface area contributed by atoms with Crippen LogP contribution in [0.4, 0.5) is 0 Å². The second-order valence-electron chi connectivity index (χ2n) is 4.74. The standard InChI is InChI=1S/C12H14N2S2/c1-12(2,3)9-6-10(15)14-11(13-9)8-4-5-16-7-8/h4-7H,1-3H3,(H,13,14,15). The van der Waals surface area contributed by atoms with Crippen LogP contribution in [0.3, 0.4) is 0 Å². The fraction of sp³-hybridized carbons (Fsp3) is 0.333. The van der Waals surface area contributed by atoms with Gasteiger partial charge in [0.25, 0.3) is 0 Å². The van der Waals surface area contributed by atoms with Crippen LogP contribution in [0.15, 0.2) is 22.9 Å². The Labute approximate surface area is 104 Å². The smallest absolute Gasteiger partial charge is 0.139 e. The zero-order chi connectivity index (χ0) is 11.8. The molecule has 0 atom stereocenters. The van der Waals surface area contributed by atoms with Crippen LogP contribution in [0, 0.1) is 4.64 Å². The largest absolute Gasteiger partial charge is 0.343 e. The number of nitrogens with zero attached hydrogens (tertiary/aromatic N) is 1. The van der Waals surface area contributed by atoms with Crippen LogP contribution < -0.4 is 0 Å². The highest BCUT2D eigenvalue weighted by Crippen LogP contribution is 2.24. The maximum absolute atomic E-state index is 5.20. The van der Waals surface area contributed by atoms with Crippen LogP contribution >= 0.6 is 23.6 Å². The molecule has 0 aliphatic carbocycles. The van der Waals surface area contributed by atoms with E-state index in [4.69, 9.17) is 12.2 Å². The highest BCUT2D eigenvalue weighted by Gasteiger charge is 2.15. The van der Waals surface area contributed by atoms with Crippen LogP contribution in [-0.4, -0.2) is 9.97 Å². The van der Waals surface area contributed by atoms with Crippen LogP contribution in [0.1, 0.15) is 26.5 Å². The lowest BCUT2D eigenvalue weighted by Gasteiger charge is -2.19. The highest BCUT2D eigenvalue weighted by atomic mass is 32.1. The Kier molecular flexibility index (Phi) is 2.95. The maximum Gasteiger partial charge on any atom is 0.139 e. The third kappa shape index (κ3) is 2.39. The number of rotatable bonds is 1. The molecule has 0 saturated heterocycles. The van der Waals surface area contributed by atoms with Crippen molar-refractivity contribution in [2.45, 2.75) is 26.2 Å². The Morgan fingerprint density at radius 3 is 2.69 bits per heavy atom. The van der Waals surface area contributed by atoms with Gasteiger partial charge in [-0.1, -0.05) is 33.0 Å². The van der Waals surface area contributed by atoms with Gasteiger partial charge in [-0.25, -0.2) is 4.98 Å². The first-order valence-corrected chi connectivity index (χ1v) is 6.46. The molecule has 0 radical (unpaired) electrons. The number of aromatic amines is 1. The number of H-pyrrole nitrogens is 1. The van der Waals surface area contributed by atoms with Gasteiger partial charge in [0.1, 0.15) is 10.5 Å². The van der Waals surface area contributed by atoms with Gasteiger partial charge in [0.05, 0.1) is 0 Å². The molecular weight excluding hydrogens is 236 g/mol. The van der Waals surface area contributed by atoms with Gasteiger partial charge in [-0.3, -0.25) is 0 Å². The van der Waals surface area contributed by atoms with E-state index in [9.17, 15) is 0 Å². The van der Waals surface area contributed by atoms with Gasteiger partial charge in [-0.2, -0.15) is 11.3 Å². The molecule has 2 aromatic rings. The average Bonchev–Trinajstić information content (AvgIpc) is 2.68. The van der Waals surface area contributed by atoms with Crippen molar-refractivity contribution in [1.29, 1.82) is 0 Å². The summed E-state index contributed by atoms with van der Waals surface area (Å²) in [6, 6.07) is 3.98. The van der Waals surface area contributed by atoms with E-state index in [1.54, 1.807) is 11.3 Å². The van der Waals surface area contributed by atoms with E-state index in [1.165, 1.54) is 0 Å². The summed E-state index contributed by atoms with van der Waals surface area (Å²) in [6.07, 6.45) is 0. The molecule has 2 nitrogen and oxygen atoms in total. The molecule has 0 aromatic carbocycles. The van der Waals surface area contributed by atoms with Gasteiger partial charge >= 0.3 is 0 Å². The first-order chi connectivity index (χ1) is 7.47. The molecule has 2 heterocycles. The van der Waals surface area contributed by atoms with Crippen LogP contribution in [0.25, 0.3) is 11.4 Å². The molecular formula is C12H14N2S2. The minimum atomic E-state index is 0.0568. The third-order valence-corrected chi connectivity index (χ3v) is 3.24. The summed E-state index contributed by atoms with van der Waals surface area (Å²) in [5.74, 6) is 0.860. The number of aromatic nitrogens is 2. The molecule has 2 aromatic heterocycles. The average molecular weight is 250 g/mol. The predicted octanol–water partition coefficient (Wildman–Crippen LogP) is 4.17. The van der Waals surface area contributed by atoms with E-state index >= 15 is 0 Å². The summed E-state index contributed by atoms with van der Waals surface area (Å²) in [7, 11) is 0. The number of hydrogen-bond donors (Lipinski definition) is 1. The first-order valence-electron chi connectivity index (χ1n) is 5.11. The van der Waals surface area contributed by atoms with Gasteiger partial charge in [0, 0.05) is 22.1 Å². The van der Waals surface area contributed by atoms with Crippen molar-refractivity contribution in [2.24, 2.45) is 0 Å². The molecule has 4 heteroatoms. The van der Waals surface area contributed by atoms with E-state index in [-0.39, 0.29) is 5.41 Å². The maximum atomic E-state index is 5.20. The second-order valence-corrected chi connectivity index (χ2v) is 5.94. The zero-order valence-corrected chi connectivity index (χ0v) is 11.2. The Morgan fingerprint density at radius 2 is 2.12 bits per heavy atom. The van der Waals surface area contributed by atoms with Crippen molar-refractivity contribution < 1.29 is 0 Å². The van der Waals surface area contributed by atoms with Crippen LogP contribution in [0.2, 0.25) is 0 Å². The van der Waals surface area contributed by atoms with Gasteiger partial charge < -0.3 is 4.98 Å². The molecule has 0 bridgehead atoms. The molecule has 0 aliphatic rings. The van der Waals surface area contributed by atoms with E-state index in [1.807, 2.05) is 17.5 Å². The lowest BCUT2D eigenvalue weighted by molar-refractivity contribution is 0.567. The molecule has 84 valence electrons. The topological polar surface area (TPSA) is 28.7 Å². The van der Waals surface area contributed by atoms with Gasteiger partial charge in [-0.05, 0) is 17.5 Å². The molecule has 2 rings (SSSR count). The van der Waals surface area contributed by atoms with Crippen molar-refractivity contribution in [2.75, 3.05) is 0 Å². The first kappa shape index (κ1) is 11.5. The summed E-state index contributed by atoms with van der Waals surface area (Å²) in [5, 5.41) is 4.11. The SMILES string of the molecule is CC(C)(C)c1cc(=S)nc(-c2ccsc2)[nH]1. The van der Waals surface area contributed by atoms with E-state index in [0.717, 1.165) is 17.1 Å². The summed E-state index contributed by atoms with van der Waals surface area (Å²) >= 11 is 6.86. The lowest BCUT2D eigenvalue weighted by atomic mass is 9.92. The summed E-state index contributed by atoms with van der Waals surface area (Å²) in [5.41, 5.74) is 2.28. The van der Waals surface area contributed by atoms with E-state index in [0.29, 0.717) is 4.64 Å². The van der Waals surface area contributed by atoms with Crippen molar-refractivity contribution in [3.63, 3.8) is 0 Å². The Hall–Kier alpha value is -1.00. The van der Waals surface area contributed by atoms with E-state index < -0.39 is 0 Å². The van der Waals surface area contributed by atoms with Gasteiger partial charge in [0.15, 0.2) is 0 Å². The van der Waals surface area contributed by atoms with Crippen molar-refractivity contribution in [1.82, 2.24) is 9.97 Å². The number of nitrogens with one attached hydrogen (secondary N) is 1. The normalized spacial score (nSPS) is 11.7. The predicted molar refractivity (Wildman–Crippen MR) is 71.4 cm³/mol. The van der Waals surface area contributed by atoms with E-state index in [2.05, 4.69) is 36.1 Å². The second kappa shape index (κ2) is 4.11. The molecule has 0 unspecified atom stereocenters. The van der Waals surface area contributed by atoms with Crippen molar-refractivity contribution in [3.8, 4) is 11.4 Å². The minimum Gasteiger partial charge on any atom is -0.343 e. The highest BCUT2D eigenvalue weighted by molar-refractivity contribution is 7.71. The summed E-state index contributed by atoms with van der Waals surface area (Å²) < 4.78 is 0.643. The zero-order valence-electron chi connectivity index (χ0n) is 9.57. The van der Waals surface area contributed by atoms with Crippen molar-refractivity contribution in [3.05, 3.63) is 33.2 Å². The minimum absolute atomic E-state index is 0.0568. The Bertz CT molecular complexity index is 533. The Balaban J connectivity index is 2.57. The molecule has 0 aliphatic heterocycles. The monoisotopic (exact) mass is 250 g/mol. The fourth-order valence-electron chi connectivity index (χ4n) is 1.40. The lowest BCUT2D eigenvalue weighted by Crippen LogP contribution is -2.14. The van der Waals surface area contributed by atoms with Crippen molar-refractivity contribution >= 4 is 23.6 Å². The molecule has 0 fully saturated rings. The molecule has 1 N–H and O–H groups in total. The van der Waals surface area contributed by atoms with Gasteiger partial charge in [0.2, 0.25) is 0 Å². The number of hydrogen-bond acceptors (Lipinski definition) is 3. The van der Waals surface area contributed by atoms with Gasteiger partial charge in [-0.15, -0.1) is 0 Å². The molecule has 16 heavy (non-hydrogen) atoms. The molecule has 0 saturated carbocycles. The number of thiophene rings is 1. The molecule has 0 amide bonds.